The van der Waals surface area contributed by atoms with Crippen molar-refractivity contribution < 1.29 is 0 Å². The Morgan fingerprint density at radius 2 is 2.30 bits per heavy atom. The van der Waals surface area contributed by atoms with Gasteiger partial charge in [0, 0.05) is 13.6 Å². The maximum absolute atomic E-state index is 5.71. The third-order valence-corrected chi connectivity index (χ3v) is 1.75. The topological polar surface area (TPSA) is 55.3 Å². The maximum Gasteiger partial charge on any atom is 0.102 e. The third kappa shape index (κ3) is 1.07. The summed E-state index contributed by atoms with van der Waals surface area (Å²) in [5.74, 6) is 0.849. The summed E-state index contributed by atoms with van der Waals surface area (Å²) in [4.78, 5) is 2.02. The molecule has 56 valence electrons. The Morgan fingerprint density at radius 3 is 2.70 bits per heavy atom. The largest absolute Gasteiger partial charge is 0.405 e. The molecule has 0 aromatic rings. The van der Waals surface area contributed by atoms with Gasteiger partial charge in [-0.1, -0.05) is 0 Å². The van der Waals surface area contributed by atoms with Crippen molar-refractivity contribution in [3.63, 3.8) is 0 Å². The van der Waals surface area contributed by atoms with Crippen molar-refractivity contribution in [2.75, 3.05) is 13.6 Å². The Kier molecular flexibility index (Phi) is 1.85. The molecule has 0 spiro atoms. The van der Waals surface area contributed by atoms with Crippen LogP contribution < -0.4 is 11.5 Å². The molecule has 0 saturated heterocycles. The smallest absolute Gasteiger partial charge is 0.102 e. The van der Waals surface area contributed by atoms with Crippen molar-refractivity contribution in [3.05, 3.63) is 23.7 Å². The zero-order valence-corrected chi connectivity index (χ0v) is 6.17. The van der Waals surface area contributed by atoms with E-state index in [9.17, 15) is 0 Å². The van der Waals surface area contributed by atoms with E-state index in [1.807, 2.05) is 18.0 Å². The van der Waals surface area contributed by atoms with Crippen LogP contribution in [-0.2, 0) is 0 Å². The van der Waals surface area contributed by atoms with E-state index in [1.54, 1.807) is 0 Å². The van der Waals surface area contributed by atoms with Gasteiger partial charge < -0.3 is 16.4 Å². The van der Waals surface area contributed by atoms with Gasteiger partial charge >= 0.3 is 0 Å². The zero-order valence-electron chi connectivity index (χ0n) is 6.17. The molecule has 0 aliphatic carbocycles. The second kappa shape index (κ2) is 2.64. The van der Waals surface area contributed by atoms with Gasteiger partial charge in [0.1, 0.15) is 5.82 Å². The van der Waals surface area contributed by atoms with Crippen LogP contribution in [0, 0.1) is 0 Å². The lowest BCUT2D eigenvalue weighted by Crippen LogP contribution is -2.18. The number of allylic oxidation sites excluding steroid dienone is 1. The van der Waals surface area contributed by atoms with Crippen molar-refractivity contribution >= 4 is 0 Å². The van der Waals surface area contributed by atoms with Gasteiger partial charge in [-0.3, -0.25) is 0 Å². The molecule has 0 aromatic heterocycles. The average Bonchev–Trinajstić information content (AvgIpc) is 2.20. The van der Waals surface area contributed by atoms with Gasteiger partial charge in [0.2, 0.25) is 0 Å². The van der Waals surface area contributed by atoms with Crippen molar-refractivity contribution in [1.29, 1.82) is 0 Å². The summed E-state index contributed by atoms with van der Waals surface area (Å²) in [5.41, 5.74) is 12.1. The van der Waals surface area contributed by atoms with Crippen LogP contribution in [0.15, 0.2) is 23.7 Å². The number of hydrogen-bond acceptors (Lipinski definition) is 3. The van der Waals surface area contributed by atoms with Crippen molar-refractivity contribution in [1.82, 2.24) is 4.90 Å². The Hall–Kier alpha value is -1.12. The maximum atomic E-state index is 5.71. The lowest BCUT2D eigenvalue weighted by molar-refractivity contribution is 0.454. The first-order valence-electron chi connectivity index (χ1n) is 3.33. The SMILES string of the molecule is CN1CCC(/C=C\N)=C1N. The molecular formula is C7H13N3. The molecule has 3 nitrogen and oxygen atoms in total. The highest BCUT2D eigenvalue weighted by Crippen LogP contribution is 2.17. The molecule has 1 aliphatic heterocycles. The summed E-state index contributed by atoms with van der Waals surface area (Å²) in [6, 6.07) is 0. The molecule has 0 amide bonds. The van der Waals surface area contributed by atoms with Crippen LogP contribution >= 0.6 is 0 Å². The van der Waals surface area contributed by atoms with Gasteiger partial charge in [0.25, 0.3) is 0 Å². The van der Waals surface area contributed by atoms with E-state index in [2.05, 4.69) is 0 Å². The van der Waals surface area contributed by atoms with Crippen LogP contribution in [0.2, 0.25) is 0 Å². The molecule has 0 bridgehead atoms. The summed E-state index contributed by atoms with van der Waals surface area (Å²) in [5, 5.41) is 0. The monoisotopic (exact) mass is 139 g/mol. The molecule has 1 rings (SSSR count). The molecule has 0 fully saturated rings. The van der Waals surface area contributed by atoms with Gasteiger partial charge in [-0.2, -0.15) is 0 Å². The van der Waals surface area contributed by atoms with Crippen LogP contribution in [-0.4, -0.2) is 18.5 Å². The van der Waals surface area contributed by atoms with Gasteiger partial charge in [0.15, 0.2) is 0 Å². The number of rotatable bonds is 1. The highest BCUT2D eigenvalue weighted by atomic mass is 15.2. The first-order chi connectivity index (χ1) is 4.75. The predicted octanol–water partition coefficient (Wildman–Crippen LogP) is -0.0354. The lowest BCUT2D eigenvalue weighted by atomic mass is 10.2. The van der Waals surface area contributed by atoms with E-state index in [1.165, 1.54) is 6.20 Å². The number of hydrogen-bond donors (Lipinski definition) is 2. The first kappa shape index (κ1) is 6.99. The average molecular weight is 139 g/mol. The van der Waals surface area contributed by atoms with Crippen molar-refractivity contribution in [3.8, 4) is 0 Å². The minimum Gasteiger partial charge on any atom is -0.405 e. The summed E-state index contributed by atoms with van der Waals surface area (Å²) in [7, 11) is 1.98. The zero-order chi connectivity index (χ0) is 7.56. The fraction of sp³-hybridized carbons (Fsp3) is 0.429. The molecule has 0 atom stereocenters. The van der Waals surface area contributed by atoms with Crippen LogP contribution in [0.4, 0.5) is 0 Å². The molecule has 0 unspecified atom stereocenters. The van der Waals surface area contributed by atoms with Gasteiger partial charge in [0.05, 0.1) is 0 Å². The van der Waals surface area contributed by atoms with E-state index < -0.39 is 0 Å². The molecule has 1 aliphatic rings. The Labute approximate surface area is 61.0 Å². The van der Waals surface area contributed by atoms with E-state index in [-0.39, 0.29) is 0 Å². The van der Waals surface area contributed by atoms with E-state index in [0.29, 0.717) is 0 Å². The van der Waals surface area contributed by atoms with Crippen LogP contribution in [0.1, 0.15) is 6.42 Å². The van der Waals surface area contributed by atoms with Gasteiger partial charge in [-0.15, -0.1) is 0 Å². The van der Waals surface area contributed by atoms with Crippen LogP contribution in [0.3, 0.4) is 0 Å². The fourth-order valence-corrected chi connectivity index (χ4v) is 1.07. The molecule has 1 heterocycles. The predicted molar refractivity (Wildman–Crippen MR) is 41.8 cm³/mol. The molecule has 4 N–H and O–H groups in total. The van der Waals surface area contributed by atoms with E-state index in [0.717, 1.165) is 24.4 Å². The summed E-state index contributed by atoms with van der Waals surface area (Å²) < 4.78 is 0. The van der Waals surface area contributed by atoms with Crippen LogP contribution in [0.5, 0.6) is 0 Å². The van der Waals surface area contributed by atoms with Crippen molar-refractivity contribution in [2.45, 2.75) is 6.42 Å². The van der Waals surface area contributed by atoms with Crippen LogP contribution in [0.25, 0.3) is 0 Å². The molecule has 0 radical (unpaired) electrons. The summed E-state index contributed by atoms with van der Waals surface area (Å²) in [6.07, 6.45) is 4.40. The molecule has 3 heteroatoms. The molecule has 10 heavy (non-hydrogen) atoms. The van der Waals surface area contributed by atoms with Gasteiger partial charge in [-0.25, -0.2) is 0 Å². The number of nitrogens with two attached hydrogens (primary N) is 2. The summed E-state index contributed by atoms with van der Waals surface area (Å²) >= 11 is 0. The third-order valence-electron chi connectivity index (χ3n) is 1.75. The molecular weight excluding hydrogens is 126 g/mol. The lowest BCUT2D eigenvalue weighted by Gasteiger charge is -2.10. The molecule has 0 saturated carbocycles. The first-order valence-corrected chi connectivity index (χ1v) is 3.33. The van der Waals surface area contributed by atoms with Gasteiger partial charge in [-0.05, 0) is 24.3 Å². The highest BCUT2D eigenvalue weighted by Gasteiger charge is 2.13. The Balaban J connectivity index is 2.75. The Bertz CT molecular complexity index is 181. The second-order valence-electron chi connectivity index (χ2n) is 2.44. The minimum atomic E-state index is 0.849. The van der Waals surface area contributed by atoms with E-state index >= 15 is 0 Å². The standard InChI is InChI=1S/C7H13N3/c1-10-5-3-6(2-4-8)7(10)9/h2,4H,3,5,8-9H2,1H3/b4-2-. The fourth-order valence-electron chi connectivity index (χ4n) is 1.07. The van der Waals surface area contributed by atoms with Crippen molar-refractivity contribution in [2.24, 2.45) is 11.5 Å². The summed E-state index contributed by atoms with van der Waals surface area (Å²) in [6.45, 7) is 1.01. The minimum absolute atomic E-state index is 0.849. The normalized spacial score (nSPS) is 19.5. The second-order valence-corrected chi connectivity index (χ2v) is 2.44. The Morgan fingerprint density at radius 1 is 1.60 bits per heavy atom. The quantitative estimate of drug-likeness (QED) is 0.536. The number of nitrogens with zero attached hydrogens (tertiary/aromatic N) is 1. The molecule has 0 aromatic carbocycles. The van der Waals surface area contributed by atoms with E-state index in [4.69, 9.17) is 11.5 Å². The highest BCUT2D eigenvalue weighted by molar-refractivity contribution is 5.26.